The Morgan fingerprint density at radius 2 is 2.05 bits per heavy atom. The summed E-state index contributed by atoms with van der Waals surface area (Å²) in [5.41, 5.74) is 0.308. The molecule has 0 atom stereocenters. The smallest absolute Gasteiger partial charge is 0.337 e. The molecule has 0 unspecified atom stereocenters. The number of amides is 2. The number of carbonyl (C=O) groups is 2. The van der Waals surface area contributed by atoms with E-state index in [9.17, 15) is 9.59 Å². The number of nitrogens with one attached hydrogen (secondary N) is 2. The van der Waals surface area contributed by atoms with Crippen LogP contribution in [0.5, 0.6) is 0 Å². The van der Waals surface area contributed by atoms with Gasteiger partial charge in [-0.05, 0) is 37.5 Å². The van der Waals surface area contributed by atoms with Crippen molar-refractivity contribution in [1.82, 2.24) is 5.32 Å². The van der Waals surface area contributed by atoms with Crippen LogP contribution in [-0.2, 0) is 4.74 Å². The van der Waals surface area contributed by atoms with Crippen molar-refractivity contribution in [2.45, 2.75) is 19.3 Å². The van der Waals surface area contributed by atoms with E-state index in [2.05, 4.69) is 26.6 Å². The normalized spacial score (nSPS) is 10.2. The zero-order valence-electron chi connectivity index (χ0n) is 11.8. The largest absolute Gasteiger partial charge is 0.478 e. The summed E-state index contributed by atoms with van der Waals surface area (Å²) < 4.78 is 5.63. The fourth-order valence-electron chi connectivity index (χ4n) is 1.72. The molecule has 7 heteroatoms. The van der Waals surface area contributed by atoms with Gasteiger partial charge < -0.3 is 20.5 Å². The quantitative estimate of drug-likeness (QED) is 0.623. The van der Waals surface area contributed by atoms with Crippen LogP contribution in [0.3, 0.4) is 0 Å². The van der Waals surface area contributed by atoms with Crippen LogP contribution >= 0.6 is 15.9 Å². The number of ether oxygens (including phenoxy) is 1. The molecule has 0 fully saturated rings. The molecular formula is C14H19BrN2O4. The highest BCUT2D eigenvalue weighted by Gasteiger charge is 2.12. The highest BCUT2D eigenvalue weighted by molar-refractivity contribution is 9.10. The highest BCUT2D eigenvalue weighted by Crippen LogP contribution is 2.21. The van der Waals surface area contributed by atoms with E-state index in [1.54, 1.807) is 19.2 Å². The molecule has 1 aromatic rings. The number of aromatic carboxylic acids is 1. The first-order valence-corrected chi connectivity index (χ1v) is 7.40. The van der Waals surface area contributed by atoms with Crippen LogP contribution in [-0.4, -0.2) is 37.4 Å². The Bertz CT molecular complexity index is 494. The van der Waals surface area contributed by atoms with E-state index in [1.165, 1.54) is 6.07 Å². The van der Waals surface area contributed by atoms with E-state index in [4.69, 9.17) is 9.84 Å². The number of methoxy groups -OCH3 is 1. The first-order chi connectivity index (χ1) is 10.0. The molecule has 0 aromatic heterocycles. The molecule has 1 aromatic carbocycles. The first-order valence-electron chi connectivity index (χ1n) is 6.61. The number of halogens is 1. The lowest BCUT2D eigenvalue weighted by Gasteiger charge is -2.10. The Morgan fingerprint density at radius 1 is 1.29 bits per heavy atom. The van der Waals surface area contributed by atoms with Crippen LogP contribution in [0, 0.1) is 0 Å². The van der Waals surface area contributed by atoms with E-state index in [0.29, 0.717) is 17.6 Å². The number of carboxylic acid groups (broad SMARTS) is 1. The third-order valence-electron chi connectivity index (χ3n) is 2.77. The van der Waals surface area contributed by atoms with E-state index < -0.39 is 12.0 Å². The molecule has 0 aliphatic carbocycles. The molecule has 0 radical (unpaired) electrons. The van der Waals surface area contributed by atoms with Gasteiger partial charge in [-0.2, -0.15) is 0 Å². The lowest BCUT2D eigenvalue weighted by molar-refractivity contribution is 0.0698. The number of hydrogen-bond donors (Lipinski definition) is 3. The highest BCUT2D eigenvalue weighted by atomic mass is 79.9. The molecule has 0 aliphatic rings. The van der Waals surface area contributed by atoms with Gasteiger partial charge >= 0.3 is 12.0 Å². The van der Waals surface area contributed by atoms with Crippen molar-refractivity contribution in [2.75, 3.05) is 25.6 Å². The van der Waals surface area contributed by atoms with Gasteiger partial charge in [-0.3, -0.25) is 0 Å². The Morgan fingerprint density at radius 3 is 2.71 bits per heavy atom. The zero-order chi connectivity index (χ0) is 15.7. The average molecular weight is 359 g/mol. The molecule has 6 nitrogen and oxygen atoms in total. The number of urea groups is 1. The van der Waals surface area contributed by atoms with Crippen molar-refractivity contribution < 1.29 is 19.4 Å². The summed E-state index contributed by atoms with van der Waals surface area (Å²) in [5, 5.41) is 14.3. The van der Waals surface area contributed by atoms with Gasteiger partial charge in [-0.1, -0.05) is 15.9 Å². The van der Waals surface area contributed by atoms with Crippen LogP contribution in [0.2, 0.25) is 0 Å². The SMILES string of the molecule is COCCCCCNC(=O)Nc1cc(Br)ccc1C(=O)O. The summed E-state index contributed by atoms with van der Waals surface area (Å²) >= 11 is 3.25. The Hall–Kier alpha value is -1.60. The van der Waals surface area contributed by atoms with Gasteiger partial charge in [0.1, 0.15) is 0 Å². The number of carboxylic acids is 1. The maximum atomic E-state index is 11.7. The van der Waals surface area contributed by atoms with Crippen molar-refractivity contribution >= 4 is 33.6 Å². The van der Waals surface area contributed by atoms with Gasteiger partial charge in [-0.15, -0.1) is 0 Å². The second-order valence-electron chi connectivity index (χ2n) is 4.43. The van der Waals surface area contributed by atoms with Crippen LogP contribution in [0.4, 0.5) is 10.5 Å². The van der Waals surface area contributed by atoms with Gasteiger partial charge in [0.05, 0.1) is 11.3 Å². The fourth-order valence-corrected chi connectivity index (χ4v) is 2.08. The Balaban J connectivity index is 2.44. The molecule has 21 heavy (non-hydrogen) atoms. The lowest BCUT2D eigenvalue weighted by atomic mass is 10.2. The second-order valence-corrected chi connectivity index (χ2v) is 5.35. The molecular weight excluding hydrogens is 340 g/mol. The minimum atomic E-state index is -1.09. The standard InChI is InChI=1S/C14H19BrN2O4/c1-21-8-4-2-3-7-16-14(20)17-12-9-10(15)5-6-11(12)13(18)19/h5-6,9H,2-4,7-8H2,1H3,(H,18,19)(H2,16,17,20). The predicted octanol–water partition coefficient (Wildman–Crippen LogP) is 3.09. The molecule has 0 spiro atoms. The van der Waals surface area contributed by atoms with E-state index >= 15 is 0 Å². The number of hydrogen-bond acceptors (Lipinski definition) is 3. The molecule has 0 saturated carbocycles. The molecule has 2 amide bonds. The van der Waals surface area contributed by atoms with Crippen molar-refractivity contribution in [3.8, 4) is 0 Å². The fraction of sp³-hybridized carbons (Fsp3) is 0.429. The average Bonchev–Trinajstić information content (AvgIpc) is 2.42. The number of unbranched alkanes of at least 4 members (excludes halogenated alkanes) is 2. The van der Waals surface area contributed by atoms with Gasteiger partial charge in [0.2, 0.25) is 0 Å². The number of rotatable bonds is 8. The monoisotopic (exact) mass is 358 g/mol. The van der Waals surface area contributed by atoms with Crippen LogP contribution in [0.15, 0.2) is 22.7 Å². The third kappa shape index (κ3) is 6.59. The van der Waals surface area contributed by atoms with Crippen LogP contribution in [0.1, 0.15) is 29.6 Å². The van der Waals surface area contributed by atoms with Crippen molar-refractivity contribution in [3.63, 3.8) is 0 Å². The lowest BCUT2D eigenvalue weighted by Crippen LogP contribution is -2.30. The topological polar surface area (TPSA) is 87.7 Å². The molecule has 116 valence electrons. The van der Waals surface area contributed by atoms with Gasteiger partial charge in [0.25, 0.3) is 0 Å². The van der Waals surface area contributed by atoms with Crippen LogP contribution < -0.4 is 10.6 Å². The van der Waals surface area contributed by atoms with Gasteiger partial charge in [0.15, 0.2) is 0 Å². The molecule has 0 bridgehead atoms. The van der Waals surface area contributed by atoms with E-state index in [1.807, 2.05) is 0 Å². The summed E-state index contributed by atoms with van der Waals surface area (Å²) in [5.74, 6) is -1.09. The molecule has 0 heterocycles. The van der Waals surface area contributed by atoms with Crippen molar-refractivity contribution in [3.05, 3.63) is 28.2 Å². The molecule has 0 saturated heterocycles. The minimum absolute atomic E-state index is 0.0495. The summed E-state index contributed by atoms with van der Waals surface area (Å²) in [6.07, 6.45) is 2.76. The Labute approximate surface area is 132 Å². The third-order valence-corrected chi connectivity index (χ3v) is 3.26. The molecule has 0 aliphatic heterocycles. The molecule has 3 N–H and O–H groups in total. The number of anilines is 1. The van der Waals surface area contributed by atoms with Gasteiger partial charge in [0, 0.05) is 24.7 Å². The maximum Gasteiger partial charge on any atom is 0.337 e. The van der Waals surface area contributed by atoms with Gasteiger partial charge in [-0.25, -0.2) is 9.59 Å². The summed E-state index contributed by atoms with van der Waals surface area (Å²) in [7, 11) is 1.66. The summed E-state index contributed by atoms with van der Waals surface area (Å²) in [6.45, 7) is 1.25. The second kappa shape index (κ2) is 9.36. The maximum absolute atomic E-state index is 11.7. The minimum Gasteiger partial charge on any atom is -0.478 e. The number of carbonyl (C=O) groups excluding carboxylic acids is 1. The van der Waals surface area contributed by atoms with E-state index in [-0.39, 0.29) is 11.3 Å². The predicted molar refractivity (Wildman–Crippen MR) is 83.8 cm³/mol. The number of benzene rings is 1. The first kappa shape index (κ1) is 17.5. The Kier molecular flexibility index (Phi) is 7.78. The van der Waals surface area contributed by atoms with E-state index in [0.717, 1.165) is 19.3 Å². The summed E-state index contributed by atoms with van der Waals surface area (Å²) in [6, 6.07) is 4.19. The van der Waals surface area contributed by atoms with Crippen molar-refractivity contribution in [2.24, 2.45) is 0 Å². The molecule has 1 rings (SSSR count). The van der Waals surface area contributed by atoms with Crippen LogP contribution in [0.25, 0.3) is 0 Å². The zero-order valence-corrected chi connectivity index (χ0v) is 13.4. The van der Waals surface area contributed by atoms with Crippen molar-refractivity contribution in [1.29, 1.82) is 0 Å². The summed E-state index contributed by atoms with van der Waals surface area (Å²) in [4.78, 5) is 22.8.